The number of nitrogens with one attached hydrogen (secondary N) is 2. The van der Waals surface area contributed by atoms with E-state index in [9.17, 15) is 24.2 Å². The van der Waals surface area contributed by atoms with Gasteiger partial charge in [-0.1, -0.05) is 52.1 Å². The Bertz CT molecular complexity index is 800. The number of aliphatic hydroxyl groups is 1. The number of thioether (sulfide) groups is 1. The van der Waals surface area contributed by atoms with Crippen molar-refractivity contribution in [2.75, 3.05) is 31.2 Å². The number of carbonyl (C=O) groups excluding carboxylic acids is 2. The van der Waals surface area contributed by atoms with E-state index in [1.807, 2.05) is 20.8 Å². The lowest BCUT2D eigenvalue weighted by Gasteiger charge is -2.30. The van der Waals surface area contributed by atoms with Gasteiger partial charge in [0.25, 0.3) is 0 Å². The van der Waals surface area contributed by atoms with E-state index in [0.717, 1.165) is 55.7 Å². The van der Waals surface area contributed by atoms with Crippen LogP contribution >= 0.6 is 19.6 Å². The zero-order valence-electron chi connectivity index (χ0n) is 25.6. The molecule has 0 heterocycles. The molecule has 11 nitrogen and oxygen atoms in total. The van der Waals surface area contributed by atoms with E-state index in [4.69, 9.17) is 13.9 Å². The standard InChI is InChI=1S/C27H54N3O8PS/c1-8-10-12-22(4)37-30-21(3)15-18-40-19-17-28-24(31)14-16-29-26(33)25(32)27(6,7)20-36-39(34,35)38-23(5)13-11-9-2/h22-23,25,32H,8-20H2,1-7H3,(H,28,31)(H,29,33)(H,34,35)/b30-21+. The Balaban J connectivity index is 4.15. The number of carbonyl (C=O) groups is 2. The number of unbranched alkanes of at least 4 members (excludes halogenated alkanes) is 2. The van der Waals surface area contributed by atoms with E-state index < -0.39 is 31.4 Å². The molecule has 0 saturated carbocycles. The number of phosphoric ester groups is 1. The molecule has 0 radical (unpaired) electrons. The lowest BCUT2D eigenvalue weighted by Crippen LogP contribution is -2.46. The number of hydrogen-bond donors (Lipinski definition) is 4. The van der Waals surface area contributed by atoms with Crippen molar-refractivity contribution in [2.24, 2.45) is 10.6 Å². The molecule has 2 amide bonds. The summed E-state index contributed by atoms with van der Waals surface area (Å²) in [6.07, 6.45) is 4.72. The Hall–Kier alpha value is -1.17. The molecule has 0 aliphatic heterocycles. The van der Waals surface area contributed by atoms with Gasteiger partial charge >= 0.3 is 7.82 Å². The molecule has 4 N–H and O–H groups in total. The van der Waals surface area contributed by atoms with Gasteiger partial charge in [0.05, 0.1) is 18.4 Å². The predicted molar refractivity (Wildman–Crippen MR) is 161 cm³/mol. The Morgan fingerprint density at radius 3 is 2.25 bits per heavy atom. The fourth-order valence-corrected chi connectivity index (χ4v) is 5.33. The van der Waals surface area contributed by atoms with E-state index >= 15 is 0 Å². The second-order valence-corrected chi connectivity index (χ2v) is 13.5. The molecular formula is C27H54N3O8PS. The van der Waals surface area contributed by atoms with Crippen molar-refractivity contribution < 1.29 is 38.0 Å². The summed E-state index contributed by atoms with van der Waals surface area (Å²) in [7, 11) is -4.33. The van der Waals surface area contributed by atoms with Crippen LogP contribution in [0, 0.1) is 5.41 Å². The lowest BCUT2D eigenvalue weighted by molar-refractivity contribution is -0.137. The van der Waals surface area contributed by atoms with Crippen molar-refractivity contribution >= 4 is 37.1 Å². The summed E-state index contributed by atoms with van der Waals surface area (Å²) in [6, 6.07) is 0. The second kappa shape index (κ2) is 21.5. The van der Waals surface area contributed by atoms with Crippen LogP contribution in [0.5, 0.6) is 0 Å². The predicted octanol–water partition coefficient (Wildman–Crippen LogP) is 4.80. The smallest absolute Gasteiger partial charge is 0.393 e. The highest BCUT2D eigenvalue weighted by Gasteiger charge is 2.37. The maximum absolute atomic E-state index is 12.4. The number of amides is 2. The van der Waals surface area contributed by atoms with Crippen LogP contribution in [0.15, 0.2) is 5.16 Å². The molecule has 4 atom stereocenters. The summed E-state index contributed by atoms with van der Waals surface area (Å²) in [6.45, 7) is 13.1. The minimum Gasteiger partial charge on any atom is -0.393 e. The Morgan fingerprint density at radius 2 is 1.62 bits per heavy atom. The number of aliphatic hydroxyl groups excluding tert-OH is 1. The van der Waals surface area contributed by atoms with E-state index in [2.05, 4.69) is 22.7 Å². The van der Waals surface area contributed by atoms with Crippen LogP contribution in [-0.2, 0) is 28.0 Å². The summed E-state index contributed by atoms with van der Waals surface area (Å²) in [4.78, 5) is 39.9. The molecule has 236 valence electrons. The molecule has 0 aliphatic carbocycles. The molecule has 40 heavy (non-hydrogen) atoms. The van der Waals surface area contributed by atoms with Crippen molar-refractivity contribution in [3.8, 4) is 0 Å². The van der Waals surface area contributed by atoms with Crippen LogP contribution in [0.2, 0.25) is 0 Å². The normalized spacial score (nSPS) is 16.1. The molecule has 0 saturated heterocycles. The molecule has 0 aromatic carbocycles. The van der Waals surface area contributed by atoms with Crippen LogP contribution in [0.25, 0.3) is 0 Å². The zero-order valence-corrected chi connectivity index (χ0v) is 27.3. The molecular weight excluding hydrogens is 557 g/mol. The molecule has 13 heteroatoms. The van der Waals surface area contributed by atoms with Gasteiger partial charge in [0.1, 0.15) is 12.2 Å². The molecule has 0 spiro atoms. The van der Waals surface area contributed by atoms with Gasteiger partial charge in [-0.25, -0.2) is 4.57 Å². The van der Waals surface area contributed by atoms with Gasteiger partial charge in [-0.05, 0) is 52.2 Å². The number of rotatable bonds is 24. The summed E-state index contributed by atoms with van der Waals surface area (Å²) in [5.41, 5.74) is -0.219. The average molecular weight is 612 g/mol. The highest BCUT2D eigenvalue weighted by atomic mass is 32.2. The summed E-state index contributed by atoms with van der Waals surface area (Å²) >= 11 is 1.71. The van der Waals surface area contributed by atoms with Gasteiger partial charge in [-0.3, -0.25) is 18.6 Å². The first-order valence-electron chi connectivity index (χ1n) is 14.4. The van der Waals surface area contributed by atoms with E-state index in [-0.39, 0.29) is 31.6 Å². The number of nitrogens with zero attached hydrogens (tertiary/aromatic N) is 1. The van der Waals surface area contributed by atoms with Gasteiger partial charge in [0.2, 0.25) is 11.8 Å². The summed E-state index contributed by atoms with van der Waals surface area (Å²) in [5.74, 6) is 0.728. The average Bonchev–Trinajstić information content (AvgIpc) is 2.89. The lowest BCUT2D eigenvalue weighted by atomic mass is 9.87. The monoisotopic (exact) mass is 611 g/mol. The van der Waals surface area contributed by atoms with Crippen molar-refractivity contribution in [3.63, 3.8) is 0 Å². The molecule has 0 aromatic rings. The Kier molecular flexibility index (Phi) is 20.9. The van der Waals surface area contributed by atoms with E-state index in [1.54, 1.807) is 18.7 Å². The first kappa shape index (κ1) is 38.8. The summed E-state index contributed by atoms with van der Waals surface area (Å²) in [5, 5.41) is 20.0. The second-order valence-electron chi connectivity index (χ2n) is 10.8. The van der Waals surface area contributed by atoms with Crippen LogP contribution in [-0.4, -0.2) is 77.0 Å². The molecule has 0 rings (SSSR count). The minimum absolute atomic E-state index is 0.0503. The van der Waals surface area contributed by atoms with Crippen molar-refractivity contribution in [1.82, 2.24) is 10.6 Å². The van der Waals surface area contributed by atoms with E-state index in [0.29, 0.717) is 13.0 Å². The highest BCUT2D eigenvalue weighted by Crippen LogP contribution is 2.46. The number of oxime groups is 1. The SMILES string of the molecule is CCCCC(C)O/N=C(\C)CCSCCNC(=O)CCNC(=O)C(O)C(C)(C)COP(=O)(O)OC(C)CCCC. The fraction of sp³-hybridized carbons (Fsp3) is 0.889. The van der Waals surface area contributed by atoms with Crippen molar-refractivity contribution in [3.05, 3.63) is 0 Å². The number of phosphoric acid groups is 1. The van der Waals surface area contributed by atoms with Crippen LogP contribution in [0.3, 0.4) is 0 Å². The first-order chi connectivity index (χ1) is 18.7. The van der Waals surface area contributed by atoms with Crippen LogP contribution in [0.4, 0.5) is 0 Å². The third-order valence-electron chi connectivity index (χ3n) is 6.05. The molecule has 0 fully saturated rings. The van der Waals surface area contributed by atoms with Gasteiger partial charge < -0.3 is 25.5 Å². The fourth-order valence-electron chi connectivity index (χ4n) is 3.32. The maximum atomic E-state index is 12.4. The van der Waals surface area contributed by atoms with Crippen molar-refractivity contribution in [2.45, 2.75) is 118 Å². The van der Waals surface area contributed by atoms with Gasteiger partial charge in [0.15, 0.2) is 0 Å². The molecule has 0 aromatic heterocycles. The highest BCUT2D eigenvalue weighted by molar-refractivity contribution is 7.99. The first-order valence-corrected chi connectivity index (χ1v) is 17.0. The maximum Gasteiger partial charge on any atom is 0.472 e. The molecule has 0 aliphatic rings. The van der Waals surface area contributed by atoms with Crippen LogP contribution < -0.4 is 10.6 Å². The third-order valence-corrected chi connectivity index (χ3v) is 8.11. The van der Waals surface area contributed by atoms with Gasteiger partial charge in [0, 0.05) is 30.7 Å². The minimum atomic E-state index is -4.33. The summed E-state index contributed by atoms with van der Waals surface area (Å²) < 4.78 is 22.4. The van der Waals surface area contributed by atoms with Gasteiger partial charge in [-0.2, -0.15) is 11.8 Å². The zero-order chi connectivity index (χ0) is 30.6. The van der Waals surface area contributed by atoms with Crippen LogP contribution in [0.1, 0.15) is 99.8 Å². The molecule has 0 bridgehead atoms. The van der Waals surface area contributed by atoms with Gasteiger partial charge in [-0.15, -0.1) is 0 Å². The number of hydrogen-bond acceptors (Lipinski definition) is 9. The Morgan fingerprint density at radius 1 is 1.00 bits per heavy atom. The molecule has 4 unspecified atom stereocenters. The quantitative estimate of drug-likeness (QED) is 0.0521. The third kappa shape index (κ3) is 19.8. The topological polar surface area (TPSA) is 156 Å². The largest absolute Gasteiger partial charge is 0.472 e. The van der Waals surface area contributed by atoms with Crippen molar-refractivity contribution in [1.29, 1.82) is 0 Å². The Labute approximate surface area is 245 Å². The van der Waals surface area contributed by atoms with E-state index in [1.165, 1.54) is 13.8 Å².